The zero-order chi connectivity index (χ0) is 15.7. The largest absolute Gasteiger partial charge is 0.443 e. The van der Waals surface area contributed by atoms with E-state index in [1.54, 1.807) is 21.7 Å². The summed E-state index contributed by atoms with van der Waals surface area (Å²) in [6, 6.07) is 4.92. The standard InChI is InChI=1S/C14H14ClN3O3S/c15-10-1-2-17(12(19)4-10)6-9-3-13(22-8-9)18-7-11(5-16)21-14(18)20/h1-4,8,11H,5-7,16H2/t11-/m0/s1. The summed E-state index contributed by atoms with van der Waals surface area (Å²) in [6.45, 7) is 1.19. The van der Waals surface area contributed by atoms with Crippen molar-refractivity contribution in [1.82, 2.24) is 4.57 Å². The summed E-state index contributed by atoms with van der Waals surface area (Å²) in [5.74, 6) is 0. The van der Waals surface area contributed by atoms with Crippen LogP contribution in [0.4, 0.5) is 9.80 Å². The van der Waals surface area contributed by atoms with E-state index in [9.17, 15) is 9.59 Å². The van der Waals surface area contributed by atoms with Crippen molar-refractivity contribution in [3.05, 3.63) is 50.7 Å². The highest BCUT2D eigenvalue weighted by molar-refractivity contribution is 7.14. The minimum Gasteiger partial charge on any atom is -0.443 e. The fourth-order valence-corrected chi connectivity index (χ4v) is 3.28. The molecule has 0 radical (unpaired) electrons. The summed E-state index contributed by atoms with van der Waals surface area (Å²) < 4.78 is 6.69. The molecule has 1 aliphatic heterocycles. The number of pyridine rings is 1. The zero-order valence-electron chi connectivity index (χ0n) is 11.6. The van der Waals surface area contributed by atoms with E-state index in [0.29, 0.717) is 24.7 Å². The van der Waals surface area contributed by atoms with E-state index in [0.717, 1.165) is 10.6 Å². The van der Waals surface area contributed by atoms with Crippen LogP contribution in [0.25, 0.3) is 0 Å². The van der Waals surface area contributed by atoms with Crippen LogP contribution in [0, 0.1) is 0 Å². The molecule has 2 N–H and O–H groups in total. The molecule has 6 nitrogen and oxygen atoms in total. The number of anilines is 1. The number of rotatable bonds is 4. The number of hydrogen-bond acceptors (Lipinski definition) is 5. The molecule has 0 spiro atoms. The summed E-state index contributed by atoms with van der Waals surface area (Å²) in [4.78, 5) is 25.2. The van der Waals surface area contributed by atoms with Crippen molar-refractivity contribution in [2.75, 3.05) is 18.0 Å². The molecule has 2 aromatic heterocycles. The van der Waals surface area contributed by atoms with Gasteiger partial charge in [-0.2, -0.15) is 0 Å². The molecule has 1 atom stereocenters. The van der Waals surface area contributed by atoms with Crippen LogP contribution >= 0.6 is 22.9 Å². The molecule has 0 saturated carbocycles. The fourth-order valence-electron chi connectivity index (χ4n) is 2.22. The Hall–Kier alpha value is -1.83. The molecule has 0 unspecified atom stereocenters. The molecule has 1 aliphatic rings. The summed E-state index contributed by atoms with van der Waals surface area (Å²) in [6.07, 6.45) is 1.00. The Morgan fingerprint density at radius 3 is 2.91 bits per heavy atom. The molecule has 0 aliphatic carbocycles. The molecule has 3 rings (SSSR count). The number of halogens is 1. The lowest BCUT2D eigenvalue weighted by Crippen LogP contribution is -2.26. The maximum atomic E-state index is 11.8. The van der Waals surface area contributed by atoms with E-state index < -0.39 is 0 Å². The third-order valence-electron chi connectivity index (χ3n) is 3.35. The summed E-state index contributed by atoms with van der Waals surface area (Å²) in [5, 5.41) is 3.12. The lowest BCUT2D eigenvalue weighted by Gasteiger charge is -2.09. The van der Waals surface area contributed by atoms with Gasteiger partial charge >= 0.3 is 6.09 Å². The third kappa shape index (κ3) is 3.01. The van der Waals surface area contributed by atoms with Crippen molar-refractivity contribution in [3.63, 3.8) is 0 Å². The number of cyclic esters (lactones) is 1. The van der Waals surface area contributed by atoms with Gasteiger partial charge in [0.15, 0.2) is 0 Å². The number of amides is 1. The third-order valence-corrected chi connectivity index (χ3v) is 4.59. The number of ether oxygens (including phenoxy) is 1. The van der Waals surface area contributed by atoms with Gasteiger partial charge < -0.3 is 15.0 Å². The van der Waals surface area contributed by atoms with Crippen molar-refractivity contribution in [3.8, 4) is 0 Å². The monoisotopic (exact) mass is 339 g/mol. The van der Waals surface area contributed by atoms with Crippen molar-refractivity contribution in [2.45, 2.75) is 12.6 Å². The van der Waals surface area contributed by atoms with E-state index in [1.165, 1.54) is 17.4 Å². The highest BCUT2D eigenvalue weighted by atomic mass is 35.5. The van der Waals surface area contributed by atoms with Gasteiger partial charge in [-0.25, -0.2) is 4.79 Å². The van der Waals surface area contributed by atoms with Crippen molar-refractivity contribution < 1.29 is 9.53 Å². The first-order chi connectivity index (χ1) is 10.6. The molecule has 1 fully saturated rings. The molecule has 2 aromatic rings. The SMILES string of the molecule is NC[C@H]1CN(c2cc(Cn3ccc(Cl)cc3=O)cs2)C(=O)O1. The molecule has 0 bridgehead atoms. The van der Waals surface area contributed by atoms with Crippen LogP contribution in [0.3, 0.4) is 0 Å². The molecule has 1 saturated heterocycles. The molecule has 0 aromatic carbocycles. The van der Waals surface area contributed by atoms with Crippen LogP contribution in [-0.2, 0) is 11.3 Å². The summed E-state index contributed by atoms with van der Waals surface area (Å²) in [5.41, 5.74) is 6.30. The predicted octanol–water partition coefficient (Wildman–Crippen LogP) is 1.90. The number of carbonyl (C=O) groups is 1. The number of aromatic nitrogens is 1. The smallest absolute Gasteiger partial charge is 0.415 e. The normalized spacial score (nSPS) is 17.8. The Morgan fingerprint density at radius 1 is 1.41 bits per heavy atom. The average Bonchev–Trinajstić information content (AvgIpc) is 3.08. The van der Waals surface area contributed by atoms with Crippen LogP contribution in [-0.4, -0.2) is 29.9 Å². The van der Waals surface area contributed by atoms with Gasteiger partial charge in [-0.3, -0.25) is 9.69 Å². The van der Waals surface area contributed by atoms with Crippen LogP contribution in [0.15, 0.2) is 34.6 Å². The van der Waals surface area contributed by atoms with Gasteiger partial charge in [0.2, 0.25) is 0 Å². The Balaban J connectivity index is 1.77. The Morgan fingerprint density at radius 2 is 2.23 bits per heavy atom. The zero-order valence-corrected chi connectivity index (χ0v) is 13.1. The van der Waals surface area contributed by atoms with Gasteiger partial charge in [0.1, 0.15) is 11.1 Å². The second kappa shape index (κ2) is 6.12. The van der Waals surface area contributed by atoms with Crippen LogP contribution in [0.2, 0.25) is 5.02 Å². The van der Waals surface area contributed by atoms with E-state index >= 15 is 0 Å². The van der Waals surface area contributed by atoms with E-state index in [2.05, 4.69) is 0 Å². The van der Waals surface area contributed by atoms with E-state index in [-0.39, 0.29) is 17.8 Å². The van der Waals surface area contributed by atoms with E-state index in [1.807, 2.05) is 11.4 Å². The Labute approximate surface area is 135 Å². The van der Waals surface area contributed by atoms with Crippen molar-refractivity contribution >= 4 is 34.0 Å². The van der Waals surface area contributed by atoms with Gasteiger partial charge in [-0.15, -0.1) is 11.3 Å². The first-order valence-corrected chi connectivity index (χ1v) is 7.94. The van der Waals surface area contributed by atoms with Crippen molar-refractivity contribution in [2.24, 2.45) is 5.73 Å². The maximum absolute atomic E-state index is 11.8. The van der Waals surface area contributed by atoms with Gasteiger partial charge in [0, 0.05) is 23.8 Å². The quantitative estimate of drug-likeness (QED) is 0.922. The summed E-state index contributed by atoms with van der Waals surface area (Å²) >= 11 is 7.21. The second-order valence-corrected chi connectivity index (χ2v) is 6.28. The molecule has 22 heavy (non-hydrogen) atoms. The number of thiophene rings is 1. The Kier molecular flexibility index (Phi) is 4.19. The van der Waals surface area contributed by atoms with Gasteiger partial charge in [-0.1, -0.05) is 11.6 Å². The Bertz CT molecular complexity index is 758. The number of hydrogen-bond donors (Lipinski definition) is 1. The van der Waals surface area contributed by atoms with Crippen LogP contribution < -0.4 is 16.2 Å². The lowest BCUT2D eigenvalue weighted by atomic mass is 10.3. The average molecular weight is 340 g/mol. The van der Waals surface area contributed by atoms with Gasteiger partial charge in [-0.05, 0) is 23.1 Å². The first-order valence-electron chi connectivity index (χ1n) is 6.68. The maximum Gasteiger partial charge on any atom is 0.415 e. The van der Waals surface area contributed by atoms with Gasteiger partial charge in [0.05, 0.1) is 13.1 Å². The summed E-state index contributed by atoms with van der Waals surface area (Å²) in [7, 11) is 0. The van der Waals surface area contributed by atoms with E-state index in [4.69, 9.17) is 22.1 Å². The number of carbonyl (C=O) groups excluding carboxylic acids is 1. The highest BCUT2D eigenvalue weighted by Gasteiger charge is 2.32. The minimum absolute atomic E-state index is 0.163. The minimum atomic E-state index is -0.382. The molecule has 8 heteroatoms. The molecule has 1 amide bonds. The molecule has 3 heterocycles. The molecular weight excluding hydrogens is 326 g/mol. The molecule has 116 valence electrons. The fraction of sp³-hybridized carbons (Fsp3) is 0.286. The number of nitrogens with zero attached hydrogens (tertiary/aromatic N) is 2. The van der Waals surface area contributed by atoms with Crippen LogP contribution in [0.1, 0.15) is 5.56 Å². The topological polar surface area (TPSA) is 77.6 Å². The van der Waals surface area contributed by atoms with Gasteiger partial charge in [0.25, 0.3) is 5.56 Å². The van der Waals surface area contributed by atoms with Crippen LogP contribution in [0.5, 0.6) is 0 Å². The van der Waals surface area contributed by atoms with Crippen molar-refractivity contribution in [1.29, 1.82) is 0 Å². The second-order valence-electron chi connectivity index (χ2n) is 4.96. The molecular formula is C14H14ClN3O3S. The number of nitrogens with two attached hydrogens (primary N) is 1. The predicted molar refractivity (Wildman–Crippen MR) is 85.8 cm³/mol. The highest BCUT2D eigenvalue weighted by Crippen LogP contribution is 2.29. The lowest BCUT2D eigenvalue weighted by molar-refractivity contribution is 0.145. The first kappa shape index (κ1) is 15.1.